The van der Waals surface area contributed by atoms with Crippen molar-refractivity contribution in [3.05, 3.63) is 24.3 Å². The molecule has 0 aromatic rings. The van der Waals surface area contributed by atoms with Gasteiger partial charge in [-0.25, -0.2) is 0 Å². The molecule has 0 aromatic carbocycles. The maximum absolute atomic E-state index is 14.9. The number of hydrogen-bond donors (Lipinski definition) is 1. The summed E-state index contributed by atoms with van der Waals surface area (Å²) in [7, 11) is 0. The highest BCUT2D eigenvalue weighted by Crippen LogP contribution is 2.66. The van der Waals surface area contributed by atoms with Crippen LogP contribution >= 0.6 is 11.8 Å². The minimum Gasteiger partial charge on any atom is -0.394 e. The number of carbonyl (C=O) groups excluding carboxylic acids is 3. The Bertz CT molecular complexity index is 1080. The summed E-state index contributed by atoms with van der Waals surface area (Å²) in [5, 5.41) is 10.6. The van der Waals surface area contributed by atoms with Gasteiger partial charge in [0.05, 0.1) is 29.2 Å². The maximum Gasteiger partial charge on any atom is 0.247 e. The third-order valence-electron chi connectivity index (χ3n) is 9.11. The fraction of sp³-hybridized carbons (Fsp3) is 0.781. The lowest BCUT2D eigenvalue weighted by molar-refractivity contribution is -0.150. The average Bonchev–Trinajstić information content (AvgIpc) is 3.09. The fourth-order valence-electron chi connectivity index (χ4n) is 8.13. The van der Waals surface area contributed by atoms with Crippen molar-refractivity contribution in [2.24, 2.45) is 23.2 Å². The number of hydrogen-bond acceptors (Lipinski definition) is 5. The molecule has 0 aromatic heterocycles. The largest absolute Gasteiger partial charge is 0.394 e. The molecule has 0 radical (unpaired) electrons. The molecule has 4 aliphatic rings. The number of aliphatic hydroxyl groups excluding tert-OH is 1. The minimum absolute atomic E-state index is 0.000785. The standard InChI is InChI=1S/C32H51N3O4S/c1-10-15-33-16-11-13-31(9)23(26(33)37)24-27(38)35(22(19-36)18-21(2)3)25-28(39)34(17-12-14-32(24,25)40-31)30(7,8)20-29(4,5)6/h11-14,21-25,36H,10,15-20H2,1-9H3/t22-,23-,24+,25?,31+,32+/m1/s1. The van der Waals surface area contributed by atoms with Crippen molar-refractivity contribution < 1.29 is 19.5 Å². The zero-order valence-corrected chi connectivity index (χ0v) is 26.9. The molecule has 4 aliphatic heterocycles. The lowest BCUT2D eigenvalue weighted by Gasteiger charge is -2.46. The van der Waals surface area contributed by atoms with E-state index in [2.05, 4.69) is 86.6 Å². The lowest BCUT2D eigenvalue weighted by atomic mass is 9.74. The lowest BCUT2D eigenvalue weighted by Crippen LogP contribution is -2.60. The summed E-state index contributed by atoms with van der Waals surface area (Å²) in [6.07, 6.45) is 10.5. The number of thioether (sulfide) groups is 1. The summed E-state index contributed by atoms with van der Waals surface area (Å²) in [4.78, 5) is 49.3. The summed E-state index contributed by atoms with van der Waals surface area (Å²) in [6.45, 7) is 20.4. The number of rotatable bonds is 8. The zero-order valence-electron chi connectivity index (χ0n) is 26.1. The van der Waals surface area contributed by atoms with Crippen molar-refractivity contribution >= 4 is 29.5 Å². The van der Waals surface area contributed by atoms with E-state index >= 15 is 0 Å². The Hall–Kier alpha value is -1.80. The highest BCUT2D eigenvalue weighted by atomic mass is 32.2. The number of carbonyl (C=O) groups is 3. The Morgan fingerprint density at radius 3 is 2.23 bits per heavy atom. The summed E-state index contributed by atoms with van der Waals surface area (Å²) in [6, 6.07) is -1.27. The third-order valence-corrected chi connectivity index (χ3v) is 10.9. The first-order valence-electron chi connectivity index (χ1n) is 15.1. The van der Waals surface area contributed by atoms with Crippen LogP contribution in [0.1, 0.15) is 81.6 Å². The molecule has 4 rings (SSSR count). The van der Waals surface area contributed by atoms with E-state index in [-0.39, 0.29) is 35.7 Å². The highest BCUT2D eigenvalue weighted by Gasteiger charge is 2.74. The summed E-state index contributed by atoms with van der Waals surface area (Å²) in [5.41, 5.74) is -0.449. The molecule has 0 saturated carbocycles. The summed E-state index contributed by atoms with van der Waals surface area (Å²) in [5.74, 6) is -1.27. The van der Waals surface area contributed by atoms with Crippen LogP contribution in [0.5, 0.6) is 0 Å². The van der Waals surface area contributed by atoms with Crippen LogP contribution in [0.25, 0.3) is 0 Å². The van der Waals surface area contributed by atoms with E-state index in [0.717, 1.165) is 12.8 Å². The molecule has 224 valence electrons. The van der Waals surface area contributed by atoms with E-state index in [1.54, 1.807) is 16.7 Å². The Morgan fingerprint density at radius 1 is 1.00 bits per heavy atom. The van der Waals surface area contributed by atoms with E-state index in [1.165, 1.54) is 0 Å². The molecule has 1 spiro atoms. The van der Waals surface area contributed by atoms with Gasteiger partial charge in [0, 0.05) is 29.9 Å². The van der Waals surface area contributed by atoms with E-state index in [1.807, 2.05) is 9.80 Å². The number of fused-ring (bicyclic) bond motifs is 2. The van der Waals surface area contributed by atoms with Crippen LogP contribution < -0.4 is 0 Å². The van der Waals surface area contributed by atoms with Gasteiger partial charge in [-0.3, -0.25) is 14.4 Å². The second kappa shape index (κ2) is 10.8. The van der Waals surface area contributed by atoms with Gasteiger partial charge < -0.3 is 19.8 Å². The van der Waals surface area contributed by atoms with Gasteiger partial charge in [-0.15, -0.1) is 11.8 Å². The number of aliphatic hydroxyl groups is 1. The molecule has 8 heteroatoms. The molecule has 2 saturated heterocycles. The molecule has 7 nitrogen and oxygen atoms in total. The van der Waals surface area contributed by atoms with Gasteiger partial charge in [-0.05, 0) is 51.4 Å². The molecule has 2 fully saturated rings. The van der Waals surface area contributed by atoms with Crippen molar-refractivity contribution in [3.63, 3.8) is 0 Å². The van der Waals surface area contributed by atoms with E-state index in [9.17, 15) is 19.5 Å². The minimum atomic E-state index is -0.889. The van der Waals surface area contributed by atoms with Gasteiger partial charge in [0.2, 0.25) is 17.7 Å². The molecular weight excluding hydrogens is 522 g/mol. The molecule has 1 N–H and O–H groups in total. The number of amides is 3. The topological polar surface area (TPSA) is 81.2 Å². The Balaban J connectivity index is 1.89. The smallest absolute Gasteiger partial charge is 0.247 e. The second-order valence-corrected chi connectivity index (χ2v) is 16.6. The van der Waals surface area contributed by atoms with Gasteiger partial charge in [0.15, 0.2) is 0 Å². The van der Waals surface area contributed by atoms with Crippen LogP contribution in [0.4, 0.5) is 0 Å². The summed E-state index contributed by atoms with van der Waals surface area (Å²) < 4.78 is -1.50. The van der Waals surface area contributed by atoms with Crippen LogP contribution in [0.3, 0.4) is 0 Å². The van der Waals surface area contributed by atoms with E-state index in [0.29, 0.717) is 26.1 Å². The van der Waals surface area contributed by atoms with Crippen molar-refractivity contribution in [2.75, 3.05) is 26.2 Å². The predicted molar refractivity (Wildman–Crippen MR) is 162 cm³/mol. The van der Waals surface area contributed by atoms with E-state index in [4.69, 9.17) is 0 Å². The van der Waals surface area contributed by atoms with Crippen molar-refractivity contribution in [1.82, 2.24) is 14.7 Å². The van der Waals surface area contributed by atoms with Gasteiger partial charge in [-0.2, -0.15) is 0 Å². The monoisotopic (exact) mass is 573 g/mol. The second-order valence-electron chi connectivity index (χ2n) is 14.8. The van der Waals surface area contributed by atoms with Gasteiger partial charge in [0.1, 0.15) is 6.04 Å². The molecule has 1 unspecified atom stereocenters. The first-order chi connectivity index (χ1) is 18.5. The Kier molecular flexibility index (Phi) is 8.40. The van der Waals surface area contributed by atoms with Gasteiger partial charge in [0.25, 0.3) is 0 Å². The first-order valence-corrected chi connectivity index (χ1v) is 15.9. The van der Waals surface area contributed by atoms with Crippen LogP contribution in [-0.2, 0) is 14.4 Å². The van der Waals surface area contributed by atoms with Gasteiger partial charge in [-0.1, -0.05) is 65.8 Å². The zero-order chi connectivity index (χ0) is 29.8. The van der Waals surface area contributed by atoms with Crippen LogP contribution in [0, 0.1) is 23.2 Å². The van der Waals surface area contributed by atoms with Crippen LogP contribution in [0.2, 0.25) is 0 Å². The van der Waals surface area contributed by atoms with E-state index < -0.39 is 39.0 Å². The first kappa shape index (κ1) is 31.1. The highest BCUT2D eigenvalue weighted by molar-refractivity contribution is 8.02. The van der Waals surface area contributed by atoms with Crippen molar-refractivity contribution in [3.8, 4) is 0 Å². The van der Waals surface area contributed by atoms with Gasteiger partial charge >= 0.3 is 0 Å². The van der Waals surface area contributed by atoms with Crippen LogP contribution in [0.15, 0.2) is 24.3 Å². The summed E-state index contributed by atoms with van der Waals surface area (Å²) >= 11 is 1.62. The molecular formula is C32H51N3O4S. The van der Waals surface area contributed by atoms with Crippen LogP contribution in [-0.4, -0.2) is 90.9 Å². The third kappa shape index (κ3) is 5.16. The van der Waals surface area contributed by atoms with Crippen molar-refractivity contribution in [2.45, 2.75) is 109 Å². The molecule has 6 atom stereocenters. The maximum atomic E-state index is 14.9. The van der Waals surface area contributed by atoms with Crippen molar-refractivity contribution in [1.29, 1.82) is 0 Å². The molecule has 40 heavy (non-hydrogen) atoms. The molecule has 4 heterocycles. The Morgan fingerprint density at radius 2 is 1.65 bits per heavy atom. The molecule has 0 aliphatic carbocycles. The molecule has 3 amide bonds. The predicted octanol–water partition coefficient (Wildman–Crippen LogP) is 4.50. The SMILES string of the molecule is CCCN1CC=C[C@]2(C)S[C@]34C=CCN(C(C)(C)CC(C)(C)C)C(=O)C3N([C@@H](CO)CC(C)C)C(=O)[C@@H]4[C@@H]2C1=O. The number of nitrogens with zero attached hydrogens (tertiary/aromatic N) is 3. The number of likely N-dealkylation sites (tertiary alicyclic amines) is 1. The average molecular weight is 574 g/mol. The fourth-order valence-corrected chi connectivity index (χ4v) is 10.3. The Labute approximate surface area is 245 Å². The molecule has 0 bridgehead atoms. The quantitative estimate of drug-likeness (QED) is 0.433. The normalized spacial score (nSPS) is 33.3.